The highest BCUT2D eigenvalue weighted by atomic mass is 32.2. The van der Waals surface area contributed by atoms with E-state index in [2.05, 4.69) is 10.4 Å². The van der Waals surface area contributed by atoms with Crippen molar-refractivity contribution < 1.29 is 22.3 Å². The van der Waals surface area contributed by atoms with Crippen LogP contribution in [0.3, 0.4) is 0 Å². The maximum Gasteiger partial charge on any atom is 0.251 e. The second-order valence-electron chi connectivity index (χ2n) is 5.18. The molecule has 2 aromatic rings. The average molecular weight is 339 g/mol. The van der Waals surface area contributed by atoms with E-state index in [0.717, 1.165) is 0 Å². The number of nitrogens with one attached hydrogen (secondary N) is 1. The lowest BCUT2D eigenvalue weighted by Crippen LogP contribution is -2.20. The van der Waals surface area contributed by atoms with E-state index < -0.39 is 21.6 Å². The molecule has 7 nitrogen and oxygen atoms in total. The van der Waals surface area contributed by atoms with E-state index in [0.29, 0.717) is 16.9 Å². The topological polar surface area (TPSA) is 90.3 Å². The van der Waals surface area contributed by atoms with Gasteiger partial charge in [-0.2, -0.15) is 5.10 Å². The third kappa shape index (κ3) is 3.10. The number of sulfone groups is 1. The molecule has 1 aromatic carbocycles. The Labute approximate surface area is 132 Å². The first-order chi connectivity index (χ1) is 10.9. The number of amides is 1. The van der Waals surface area contributed by atoms with Crippen molar-refractivity contribution in [2.75, 3.05) is 19.0 Å². The fourth-order valence-electron chi connectivity index (χ4n) is 2.44. The number of benzene rings is 1. The third-order valence-electron chi connectivity index (χ3n) is 3.39. The Balaban J connectivity index is 2.06. The number of nitrogens with zero attached hydrogens (tertiary/aromatic N) is 2. The van der Waals surface area contributed by atoms with Gasteiger partial charge < -0.3 is 10.1 Å². The summed E-state index contributed by atoms with van der Waals surface area (Å²) in [7, 11) is -1.88. The van der Waals surface area contributed by atoms with Gasteiger partial charge in [0.25, 0.3) is 5.91 Å². The molecule has 122 valence electrons. The van der Waals surface area contributed by atoms with E-state index in [9.17, 15) is 17.6 Å². The van der Waals surface area contributed by atoms with Crippen molar-refractivity contribution in [3.8, 4) is 5.69 Å². The van der Waals surface area contributed by atoms with Crippen molar-refractivity contribution in [1.29, 1.82) is 0 Å². The molecule has 0 atom stereocenters. The summed E-state index contributed by atoms with van der Waals surface area (Å²) in [5, 5.41) is 6.88. The lowest BCUT2D eigenvalue weighted by atomic mass is 10.2. The standard InChI is InChI=1S/C14H14FN3O4S/c1-22-6-13(19)16-14-11-7-23(20,21)8-12(11)17-18(14)10-4-2-9(15)3-5-10/h2-5H,6-8H2,1H3,(H,16,19). The number of hydrogen-bond acceptors (Lipinski definition) is 5. The molecule has 0 saturated heterocycles. The number of carbonyl (C=O) groups excluding carboxylic acids is 1. The normalized spacial score (nSPS) is 15.4. The van der Waals surface area contributed by atoms with Gasteiger partial charge in [-0.15, -0.1) is 0 Å². The van der Waals surface area contributed by atoms with Crippen molar-refractivity contribution in [2.45, 2.75) is 11.5 Å². The van der Waals surface area contributed by atoms with E-state index in [1.807, 2.05) is 0 Å². The molecule has 0 fully saturated rings. The summed E-state index contributed by atoms with van der Waals surface area (Å²) in [4.78, 5) is 11.8. The molecular formula is C14H14FN3O4S. The largest absolute Gasteiger partial charge is 0.375 e. The van der Waals surface area contributed by atoms with Crippen LogP contribution in [0.25, 0.3) is 5.69 Å². The number of methoxy groups -OCH3 is 1. The molecule has 0 spiro atoms. The van der Waals surface area contributed by atoms with E-state index >= 15 is 0 Å². The summed E-state index contributed by atoms with van der Waals surface area (Å²) in [6.45, 7) is -0.171. The molecule has 0 unspecified atom stereocenters. The first-order valence-corrected chi connectivity index (χ1v) is 8.57. The lowest BCUT2D eigenvalue weighted by Gasteiger charge is -2.10. The Morgan fingerprint density at radius 3 is 2.70 bits per heavy atom. The van der Waals surface area contributed by atoms with Crippen LogP contribution in [0, 0.1) is 5.82 Å². The van der Waals surface area contributed by atoms with E-state index in [-0.39, 0.29) is 23.9 Å². The Morgan fingerprint density at radius 1 is 1.35 bits per heavy atom. The predicted octanol–water partition coefficient (Wildman–Crippen LogP) is 1.02. The first-order valence-electron chi connectivity index (χ1n) is 6.75. The first kappa shape index (κ1) is 15.6. The van der Waals surface area contributed by atoms with Gasteiger partial charge in [0.2, 0.25) is 0 Å². The van der Waals surface area contributed by atoms with Gasteiger partial charge in [-0.1, -0.05) is 0 Å². The van der Waals surface area contributed by atoms with Crippen LogP contribution >= 0.6 is 0 Å². The highest BCUT2D eigenvalue weighted by molar-refractivity contribution is 7.90. The number of carbonyl (C=O) groups is 1. The molecule has 1 N–H and O–H groups in total. The second-order valence-corrected chi connectivity index (χ2v) is 7.24. The van der Waals surface area contributed by atoms with Crippen molar-refractivity contribution in [3.05, 3.63) is 41.3 Å². The fourth-order valence-corrected chi connectivity index (χ4v) is 3.93. The maximum absolute atomic E-state index is 13.1. The number of rotatable bonds is 4. The summed E-state index contributed by atoms with van der Waals surface area (Å²) < 4.78 is 42.8. The van der Waals surface area contributed by atoms with Crippen LogP contribution in [0.4, 0.5) is 10.2 Å². The van der Waals surface area contributed by atoms with Crippen molar-refractivity contribution in [2.24, 2.45) is 0 Å². The van der Waals surface area contributed by atoms with E-state index in [4.69, 9.17) is 4.74 Å². The number of ether oxygens (including phenoxy) is 1. The smallest absolute Gasteiger partial charge is 0.251 e. The van der Waals surface area contributed by atoms with E-state index in [1.165, 1.54) is 36.1 Å². The molecule has 23 heavy (non-hydrogen) atoms. The van der Waals surface area contributed by atoms with Gasteiger partial charge >= 0.3 is 0 Å². The second kappa shape index (κ2) is 5.74. The lowest BCUT2D eigenvalue weighted by molar-refractivity contribution is -0.119. The number of anilines is 1. The Bertz CT molecular complexity index is 859. The van der Waals surface area contributed by atoms with Crippen LogP contribution in [-0.4, -0.2) is 37.8 Å². The van der Waals surface area contributed by atoms with Crippen LogP contribution in [0.2, 0.25) is 0 Å². The molecule has 0 aliphatic carbocycles. The molecular weight excluding hydrogens is 325 g/mol. The quantitative estimate of drug-likeness (QED) is 0.898. The van der Waals surface area contributed by atoms with Crippen LogP contribution in [-0.2, 0) is 30.9 Å². The molecule has 1 aliphatic heterocycles. The Kier molecular flexibility index (Phi) is 3.90. The summed E-state index contributed by atoms with van der Waals surface area (Å²) >= 11 is 0. The molecule has 1 aromatic heterocycles. The number of fused-ring (bicyclic) bond motifs is 1. The van der Waals surface area contributed by atoms with Crippen LogP contribution < -0.4 is 5.32 Å². The molecule has 1 aliphatic rings. The predicted molar refractivity (Wildman–Crippen MR) is 80.4 cm³/mol. The van der Waals surface area contributed by atoms with Gasteiger partial charge in [0, 0.05) is 12.7 Å². The van der Waals surface area contributed by atoms with Gasteiger partial charge in [-0.3, -0.25) is 4.79 Å². The molecule has 0 bridgehead atoms. The summed E-state index contributed by atoms with van der Waals surface area (Å²) in [5.41, 5.74) is 1.37. The summed E-state index contributed by atoms with van der Waals surface area (Å²) in [6.07, 6.45) is 0. The average Bonchev–Trinajstić information content (AvgIpc) is 2.93. The fraction of sp³-hybridized carbons (Fsp3) is 0.286. The van der Waals surface area contributed by atoms with Crippen molar-refractivity contribution in [3.63, 3.8) is 0 Å². The molecule has 2 heterocycles. The molecule has 3 rings (SSSR count). The third-order valence-corrected chi connectivity index (χ3v) is 4.83. The van der Waals surface area contributed by atoms with Gasteiger partial charge in [-0.25, -0.2) is 17.5 Å². The minimum absolute atomic E-state index is 0.171. The van der Waals surface area contributed by atoms with Crippen LogP contribution in [0.15, 0.2) is 24.3 Å². The Hall–Kier alpha value is -2.26. The van der Waals surface area contributed by atoms with Gasteiger partial charge in [0.1, 0.15) is 18.2 Å². The summed E-state index contributed by atoms with van der Waals surface area (Å²) in [6, 6.07) is 5.52. The number of aromatic nitrogens is 2. The minimum Gasteiger partial charge on any atom is -0.375 e. The Morgan fingerprint density at radius 2 is 2.04 bits per heavy atom. The van der Waals surface area contributed by atoms with Gasteiger partial charge in [-0.05, 0) is 24.3 Å². The SMILES string of the molecule is COCC(=O)Nc1c2c(nn1-c1ccc(F)cc1)CS(=O)(=O)C2. The van der Waals surface area contributed by atoms with Crippen molar-refractivity contribution >= 4 is 21.6 Å². The summed E-state index contributed by atoms with van der Waals surface area (Å²) in [5.74, 6) is -0.922. The highest BCUT2D eigenvalue weighted by Gasteiger charge is 2.33. The van der Waals surface area contributed by atoms with Crippen molar-refractivity contribution in [1.82, 2.24) is 9.78 Å². The van der Waals surface area contributed by atoms with Gasteiger partial charge in [0.15, 0.2) is 9.84 Å². The monoisotopic (exact) mass is 339 g/mol. The number of halogens is 1. The zero-order chi connectivity index (χ0) is 16.6. The molecule has 9 heteroatoms. The van der Waals surface area contributed by atoms with Gasteiger partial charge in [0.05, 0.1) is 22.9 Å². The molecule has 1 amide bonds. The van der Waals surface area contributed by atoms with Crippen LogP contribution in [0.1, 0.15) is 11.3 Å². The van der Waals surface area contributed by atoms with Crippen LogP contribution in [0.5, 0.6) is 0 Å². The number of hydrogen-bond donors (Lipinski definition) is 1. The maximum atomic E-state index is 13.1. The zero-order valence-electron chi connectivity index (χ0n) is 12.2. The highest BCUT2D eigenvalue weighted by Crippen LogP contribution is 2.32. The molecule has 0 saturated carbocycles. The zero-order valence-corrected chi connectivity index (χ0v) is 13.1. The van der Waals surface area contributed by atoms with E-state index in [1.54, 1.807) is 0 Å². The minimum atomic E-state index is -3.26. The molecule has 0 radical (unpaired) electrons.